The van der Waals surface area contributed by atoms with Gasteiger partial charge in [-0.2, -0.15) is 13.2 Å². The lowest BCUT2D eigenvalue weighted by Gasteiger charge is -2.09. The summed E-state index contributed by atoms with van der Waals surface area (Å²) < 4.78 is 41.6. The molecule has 88 valence electrons. The van der Waals surface area contributed by atoms with Crippen molar-refractivity contribution in [1.29, 1.82) is 0 Å². The first-order valence-corrected chi connectivity index (χ1v) is 4.17. The number of carbonyl (C=O) groups is 1. The van der Waals surface area contributed by atoms with Crippen LogP contribution in [0.25, 0.3) is 0 Å². The Morgan fingerprint density at radius 2 is 2.12 bits per heavy atom. The first-order chi connectivity index (χ1) is 7.32. The highest BCUT2D eigenvalue weighted by atomic mass is 19.4. The van der Waals surface area contributed by atoms with Crippen molar-refractivity contribution in [1.82, 2.24) is 4.98 Å². The van der Waals surface area contributed by atoms with Gasteiger partial charge < -0.3 is 9.84 Å². The van der Waals surface area contributed by atoms with Crippen LogP contribution in [0.3, 0.4) is 0 Å². The second kappa shape index (κ2) is 4.38. The van der Waals surface area contributed by atoms with E-state index in [0.717, 1.165) is 13.2 Å². The molecule has 16 heavy (non-hydrogen) atoms. The van der Waals surface area contributed by atoms with E-state index in [-0.39, 0.29) is 11.4 Å². The van der Waals surface area contributed by atoms with Gasteiger partial charge in [0.1, 0.15) is 5.69 Å². The first kappa shape index (κ1) is 12.3. The molecule has 0 atom stereocenters. The predicted molar refractivity (Wildman–Crippen MR) is 47.1 cm³/mol. The van der Waals surface area contributed by atoms with Crippen molar-refractivity contribution >= 4 is 5.97 Å². The number of halogens is 3. The summed E-state index contributed by atoms with van der Waals surface area (Å²) in [6.07, 6.45) is -5.14. The fourth-order valence-electron chi connectivity index (χ4n) is 1.09. The number of ether oxygens (including phenoxy) is 1. The van der Waals surface area contributed by atoms with E-state index in [9.17, 15) is 18.0 Å². The van der Waals surface area contributed by atoms with E-state index in [1.165, 1.54) is 0 Å². The molecule has 0 unspecified atom stereocenters. The minimum atomic E-state index is -4.62. The van der Waals surface area contributed by atoms with E-state index in [0.29, 0.717) is 6.07 Å². The number of hydrogen-bond donors (Lipinski definition) is 1. The summed E-state index contributed by atoms with van der Waals surface area (Å²) in [7, 11) is 1.16. The van der Waals surface area contributed by atoms with Crippen molar-refractivity contribution in [2.24, 2.45) is 0 Å². The molecule has 0 fully saturated rings. The highest BCUT2D eigenvalue weighted by Gasteiger charge is 2.33. The molecule has 0 saturated carbocycles. The molecule has 1 N–H and O–H groups in total. The van der Waals surface area contributed by atoms with Crippen LogP contribution in [0, 0.1) is 0 Å². The smallest absolute Gasteiger partial charge is 0.433 e. The van der Waals surface area contributed by atoms with Gasteiger partial charge in [0.15, 0.2) is 0 Å². The number of alkyl halides is 3. The highest BCUT2D eigenvalue weighted by Crippen LogP contribution is 2.30. The molecule has 0 spiro atoms. The third-order valence-electron chi connectivity index (χ3n) is 1.72. The quantitative estimate of drug-likeness (QED) is 0.866. The molecule has 1 aromatic heterocycles. The molecule has 0 aliphatic rings. The number of hydrogen-bond acceptors (Lipinski definition) is 3. The average molecular weight is 235 g/mol. The Labute approximate surface area is 88.7 Å². The fraction of sp³-hybridized carbons (Fsp3) is 0.333. The van der Waals surface area contributed by atoms with Gasteiger partial charge in [-0.15, -0.1) is 0 Å². The molecular formula is C9H8F3NO3. The van der Waals surface area contributed by atoms with Crippen LogP contribution in [-0.2, 0) is 17.4 Å². The van der Waals surface area contributed by atoms with Crippen molar-refractivity contribution in [2.45, 2.75) is 12.6 Å². The summed E-state index contributed by atoms with van der Waals surface area (Å²) in [6, 6.07) is 1.85. The first-order valence-electron chi connectivity index (χ1n) is 4.17. The standard InChI is InChI=1S/C9H8F3NO3/c1-16-7-3-5(4-8(14)15)2-6(13-7)9(10,11)12/h2-3H,4H2,1H3,(H,14,15). The minimum Gasteiger partial charge on any atom is -0.481 e. The largest absolute Gasteiger partial charge is 0.481 e. The van der Waals surface area contributed by atoms with Gasteiger partial charge in [0.25, 0.3) is 0 Å². The third kappa shape index (κ3) is 3.11. The maximum Gasteiger partial charge on any atom is 0.433 e. The zero-order valence-electron chi connectivity index (χ0n) is 8.21. The number of aromatic nitrogens is 1. The van der Waals surface area contributed by atoms with Gasteiger partial charge in [-0.25, -0.2) is 4.98 Å². The lowest BCUT2D eigenvalue weighted by molar-refractivity contribution is -0.142. The average Bonchev–Trinajstić information content (AvgIpc) is 2.14. The minimum absolute atomic E-state index is 0.00771. The Hall–Kier alpha value is -1.79. The van der Waals surface area contributed by atoms with E-state index < -0.39 is 24.3 Å². The van der Waals surface area contributed by atoms with E-state index in [1.807, 2.05) is 0 Å². The Morgan fingerprint density at radius 3 is 2.56 bits per heavy atom. The van der Waals surface area contributed by atoms with Crippen LogP contribution >= 0.6 is 0 Å². The molecule has 0 aliphatic heterocycles. The number of aliphatic carboxylic acids is 1. The molecular weight excluding hydrogens is 227 g/mol. The van der Waals surface area contributed by atoms with Crippen LogP contribution in [0.4, 0.5) is 13.2 Å². The molecule has 4 nitrogen and oxygen atoms in total. The highest BCUT2D eigenvalue weighted by molar-refractivity contribution is 5.70. The number of carboxylic acids is 1. The summed E-state index contributed by atoms with van der Waals surface area (Å²) in [5.74, 6) is -1.48. The second-order valence-electron chi connectivity index (χ2n) is 2.97. The Bertz CT molecular complexity index is 403. The van der Waals surface area contributed by atoms with Crippen LogP contribution in [0.15, 0.2) is 12.1 Å². The summed E-state index contributed by atoms with van der Waals surface area (Å²) in [5.41, 5.74) is -1.17. The summed E-state index contributed by atoms with van der Waals surface area (Å²) in [5, 5.41) is 8.48. The number of pyridine rings is 1. The number of nitrogens with zero attached hydrogens (tertiary/aromatic N) is 1. The van der Waals surface area contributed by atoms with Gasteiger partial charge in [-0.05, 0) is 11.6 Å². The van der Waals surface area contributed by atoms with Crippen LogP contribution in [0.5, 0.6) is 5.88 Å². The molecule has 7 heteroatoms. The number of carboxylic acid groups (broad SMARTS) is 1. The van der Waals surface area contributed by atoms with Gasteiger partial charge in [-0.3, -0.25) is 4.79 Å². The Balaban J connectivity index is 3.16. The van der Waals surface area contributed by atoms with Crippen LogP contribution in [0.1, 0.15) is 11.3 Å². The molecule has 0 radical (unpaired) electrons. The fourth-order valence-corrected chi connectivity index (χ4v) is 1.09. The molecule has 0 aromatic carbocycles. The molecule has 0 bridgehead atoms. The van der Waals surface area contributed by atoms with Gasteiger partial charge >= 0.3 is 12.1 Å². The maximum atomic E-state index is 12.4. The summed E-state index contributed by atoms with van der Waals surface area (Å²) in [6.45, 7) is 0. The Morgan fingerprint density at radius 1 is 1.50 bits per heavy atom. The number of rotatable bonds is 3. The van der Waals surface area contributed by atoms with Crippen molar-refractivity contribution in [3.63, 3.8) is 0 Å². The van der Waals surface area contributed by atoms with Gasteiger partial charge in [0.2, 0.25) is 5.88 Å². The van der Waals surface area contributed by atoms with Crippen LogP contribution < -0.4 is 4.74 Å². The van der Waals surface area contributed by atoms with Crippen molar-refractivity contribution in [2.75, 3.05) is 7.11 Å². The molecule has 0 aliphatic carbocycles. The summed E-state index contributed by atoms with van der Waals surface area (Å²) >= 11 is 0. The topological polar surface area (TPSA) is 59.4 Å². The van der Waals surface area contributed by atoms with Crippen LogP contribution in [-0.4, -0.2) is 23.2 Å². The maximum absolute atomic E-state index is 12.4. The van der Waals surface area contributed by atoms with E-state index >= 15 is 0 Å². The second-order valence-corrected chi connectivity index (χ2v) is 2.97. The van der Waals surface area contributed by atoms with Crippen molar-refractivity contribution in [3.8, 4) is 5.88 Å². The van der Waals surface area contributed by atoms with E-state index in [2.05, 4.69) is 9.72 Å². The molecule has 1 heterocycles. The number of methoxy groups -OCH3 is 1. The van der Waals surface area contributed by atoms with Gasteiger partial charge in [0, 0.05) is 6.07 Å². The van der Waals surface area contributed by atoms with Gasteiger partial charge in [0.05, 0.1) is 13.5 Å². The molecule has 1 aromatic rings. The van der Waals surface area contributed by atoms with Crippen molar-refractivity contribution in [3.05, 3.63) is 23.4 Å². The predicted octanol–water partition coefficient (Wildman–Crippen LogP) is 1.74. The zero-order chi connectivity index (χ0) is 12.3. The monoisotopic (exact) mass is 235 g/mol. The zero-order valence-corrected chi connectivity index (χ0v) is 8.21. The van der Waals surface area contributed by atoms with Crippen molar-refractivity contribution < 1.29 is 27.8 Å². The molecule has 0 amide bonds. The lowest BCUT2D eigenvalue weighted by Crippen LogP contribution is -2.11. The normalized spacial score (nSPS) is 11.2. The van der Waals surface area contributed by atoms with Gasteiger partial charge in [-0.1, -0.05) is 0 Å². The molecule has 0 saturated heterocycles. The molecule has 1 rings (SSSR count). The Kier molecular flexibility index (Phi) is 3.36. The SMILES string of the molecule is COc1cc(CC(=O)O)cc(C(F)(F)F)n1. The third-order valence-corrected chi connectivity index (χ3v) is 1.72. The lowest BCUT2D eigenvalue weighted by atomic mass is 10.1. The van der Waals surface area contributed by atoms with E-state index in [1.54, 1.807) is 0 Å². The summed E-state index contributed by atoms with van der Waals surface area (Å²) in [4.78, 5) is 13.6. The van der Waals surface area contributed by atoms with Crippen LogP contribution in [0.2, 0.25) is 0 Å². The van der Waals surface area contributed by atoms with E-state index in [4.69, 9.17) is 5.11 Å².